The van der Waals surface area contributed by atoms with Gasteiger partial charge in [0.25, 0.3) is 0 Å². The summed E-state index contributed by atoms with van der Waals surface area (Å²) in [6.45, 7) is 2.38. The van der Waals surface area contributed by atoms with Crippen molar-refractivity contribution in [2.24, 2.45) is 5.92 Å². The van der Waals surface area contributed by atoms with Gasteiger partial charge in [0.2, 0.25) is 10.0 Å². The van der Waals surface area contributed by atoms with Crippen LogP contribution in [0, 0.1) is 5.92 Å². The second-order valence-corrected chi connectivity index (χ2v) is 8.11. The molecule has 0 aromatic heterocycles. The van der Waals surface area contributed by atoms with Gasteiger partial charge in [-0.05, 0) is 63.0 Å². The zero-order valence-electron chi connectivity index (χ0n) is 12.4. The summed E-state index contributed by atoms with van der Waals surface area (Å²) in [6, 6.07) is 7.03. The molecule has 2 atom stereocenters. The van der Waals surface area contributed by atoms with E-state index < -0.39 is 10.0 Å². The molecule has 0 aliphatic carbocycles. The first-order chi connectivity index (χ1) is 9.98. The molecule has 6 heteroatoms. The van der Waals surface area contributed by atoms with Gasteiger partial charge in [0.1, 0.15) is 0 Å². The van der Waals surface area contributed by atoms with Crippen molar-refractivity contribution >= 4 is 15.7 Å². The molecule has 1 aromatic rings. The molecule has 21 heavy (non-hydrogen) atoms. The maximum absolute atomic E-state index is 12.7. The highest BCUT2D eigenvalue weighted by Gasteiger charge is 2.38. The topological polar surface area (TPSA) is 66.6 Å². The normalized spacial score (nSPS) is 28.2. The quantitative estimate of drug-likeness (QED) is 0.838. The molecule has 2 heterocycles. The number of sulfonamides is 1. The maximum Gasteiger partial charge on any atom is 0.243 e. The summed E-state index contributed by atoms with van der Waals surface area (Å²) in [5.74, 6) is 0.459. The first kappa shape index (κ1) is 14.8. The second-order valence-electron chi connectivity index (χ2n) is 6.17. The van der Waals surface area contributed by atoms with E-state index in [2.05, 4.69) is 11.9 Å². The third-order valence-corrected chi connectivity index (χ3v) is 6.71. The zero-order valence-corrected chi connectivity index (χ0v) is 13.2. The van der Waals surface area contributed by atoms with Crippen molar-refractivity contribution in [2.45, 2.75) is 30.2 Å². The van der Waals surface area contributed by atoms with Gasteiger partial charge >= 0.3 is 0 Å². The van der Waals surface area contributed by atoms with Crippen LogP contribution >= 0.6 is 0 Å². The van der Waals surface area contributed by atoms with Gasteiger partial charge in [-0.2, -0.15) is 4.31 Å². The van der Waals surface area contributed by atoms with Crippen molar-refractivity contribution in [3.8, 4) is 0 Å². The van der Waals surface area contributed by atoms with Gasteiger partial charge in [0.05, 0.1) is 4.90 Å². The molecule has 2 unspecified atom stereocenters. The molecule has 5 nitrogen and oxygen atoms in total. The number of hydrogen-bond donors (Lipinski definition) is 1. The lowest BCUT2D eigenvalue weighted by Gasteiger charge is -2.45. The number of nitrogens with two attached hydrogens (primary N) is 1. The summed E-state index contributed by atoms with van der Waals surface area (Å²) in [4.78, 5) is 2.74. The van der Waals surface area contributed by atoms with Crippen LogP contribution < -0.4 is 5.73 Å². The van der Waals surface area contributed by atoms with Crippen molar-refractivity contribution in [3.63, 3.8) is 0 Å². The lowest BCUT2D eigenvalue weighted by Crippen LogP contribution is -2.53. The lowest BCUT2D eigenvalue weighted by molar-refractivity contribution is 0.0671. The molecule has 0 saturated carbocycles. The Kier molecular flexibility index (Phi) is 3.94. The molecule has 0 radical (unpaired) electrons. The van der Waals surface area contributed by atoms with Gasteiger partial charge in [0.15, 0.2) is 0 Å². The standard InChI is InChI=1S/C15H23N3O2S/c1-17-9-2-3-12-11-18(10-8-15(12)17)21(19,20)14-6-4-13(16)5-7-14/h4-7,12,15H,2-3,8-11,16H2,1H3. The molecule has 0 spiro atoms. The number of piperidine rings is 2. The van der Waals surface area contributed by atoms with Crippen LogP contribution in [0.2, 0.25) is 0 Å². The Morgan fingerprint density at radius 3 is 2.57 bits per heavy atom. The van der Waals surface area contributed by atoms with Gasteiger partial charge in [-0.3, -0.25) is 0 Å². The largest absolute Gasteiger partial charge is 0.399 e. The third kappa shape index (κ3) is 2.80. The first-order valence-corrected chi connectivity index (χ1v) is 8.98. The predicted molar refractivity (Wildman–Crippen MR) is 83.4 cm³/mol. The van der Waals surface area contributed by atoms with E-state index in [0.29, 0.717) is 35.6 Å². The SMILES string of the molecule is CN1CCCC2CN(S(=O)(=O)c3ccc(N)cc3)CCC21. The summed E-state index contributed by atoms with van der Waals surface area (Å²) in [5, 5.41) is 0. The van der Waals surface area contributed by atoms with Crippen LogP contribution in [0.3, 0.4) is 0 Å². The second kappa shape index (κ2) is 5.59. The highest BCUT2D eigenvalue weighted by molar-refractivity contribution is 7.89. The summed E-state index contributed by atoms with van der Waals surface area (Å²) >= 11 is 0. The predicted octanol–water partition coefficient (Wildman–Crippen LogP) is 1.37. The highest BCUT2D eigenvalue weighted by atomic mass is 32.2. The van der Waals surface area contributed by atoms with Crippen LogP contribution in [0.5, 0.6) is 0 Å². The molecule has 0 bridgehead atoms. The summed E-state index contributed by atoms with van der Waals surface area (Å²) < 4.78 is 27.1. The number of rotatable bonds is 2. The monoisotopic (exact) mass is 309 g/mol. The van der Waals surface area contributed by atoms with Crippen LogP contribution in [-0.4, -0.2) is 50.3 Å². The average Bonchev–Trinajstić information content (AvgIpc) is 2.47. The van der Waals surface area contributed by atoms with Crippen molar-refractivity contribution in [2.75, 3.05) is 32.4 Å². The molecular weight excluding hydrogens is 286 g/mol. The third-order valence-electron chi connectivity index (χ3n) is 4.83. The molecular formula is C15H23N3O2S. The summed E-state index contributed by atoms with van der Waals surface area (Å²) in [6.07, 6.45) is 3.21. The Bertz CT molecular complexity index is 600. The number of nitrogens with zero attached hydrogens (tertiary/aromatic N) is 2. The van der Waals surface area contributed by atoms with Gasteiger partial charge in [-0.25, -0.2) is 8.42 Å². The minimum Gasteiger partial charge on any atom is -0.399 e. The van der Waals surface area contributed by atoms with Crippen LogP contribution in [0.25, 0.3) is 0 Å². The van der Waals surface area contributed by atoms with Gasteiger partial charge in [-0.1, -0.05) is 0 Å². The summed E-state index contributed by atoms with van der Waals surface area (Å²) in [5.41, 5.74) is 6.22. The van der Waals surface area contributed by atoms with Gasteiger partial charge in [-0.15, -0.1) is 0 Å². The number of anilines is 1. The Balaban J connectivity index is 1.79. The van der Waals surface area contributed by atoms with E-state index >= 15 is 0 Å². The van der Waals surface area contributed by atoms with E-state index in [-0.39, 0.29) is 0 Å². The number of nitrogen functional groups attached to an aromatic ring is 1. The first-order valence-electron chi connectivity index (χ1n) is 7.54. The van der Waals surface area contributed by atoms with E-state index in [0.717, 1.165) is 25.8 Å². The number of hydrogen-bond acceptors (Lipinski definition) is 4. The molecule has 2 saturated heterocycles. The van der Waals surface area contributed by atoms with Crippen molar-refractivity contribution in [1.82, 2.24) is 9.21 Å². The van der Waals surface area contributed by atoms with Crippen LogP contribution in [0.4, 0.5) is 5.69 Å². The fourth-order valence-electron chi connectivity index (χ4n) is 3.63. The molecule has 3 rings (SSSR count). The van der Waals surface area contributed by atoms with E-state index in [1.807, 2.05) is 0 Å². The molecule has 2 aliphatic heterocycles. The molecule has 2 fully saturated rings. The smallest absolute Gasteiger partial charge is 0.243 e. The Hall–Kier alpha value is -1.11. The van der Waals surface area contributed by atoms with Crippen LogP contribution in [0.1, 0.15) is 19.3 Å². The minimum absolute atomic E-state index is 0.347. The molecule has 1 aromatic carbocycles. The van der Waals surface area contributed by atoms with E-state index in [1.165, 1.54) is 0 Å². The van der Waals surface area contributed by atoms with Crippen molar-refractivity contribution in [3.05, 3.63) is 24.3 Å². The van der Waals surface area contributed by atoms with Gasteiger partial charge < -0.3 is 10.6 Å². The highest BCUT2D eigenvalue weighted by Crippen LogP contribution is 2.32. The summed E-state index contributed by atoms with van der Waals surface area (Å²) in [7, 11) is -1.23. The fraction of sp³-hybridized carbons (Fsp3) is 0.600. The molecule has 116 valence electrons. The number of likely N-dealkylation sites (tertiary alicyclic amines) is 1. The Morgan fingerprint density at radius 1 is 1.14 bits per heavy atom. The average molecular weight is 309 g/mol. The Labute approximate surface area is 126 Å². The molecule has 2 N–H and O–H groups in total. The van der Waals surface area contributed by atoms with E-state index in [9.17, 15) is 8.42 Å². The molecule has 0 amide bonds. The van der Waals surface area contributed by atoms with E-state index in [1.54, 1.807) is 28.6 Å². The van der Waals surface area contributed by atoms with Crippen molar-refractivity contribution in [1.29, 1.82) is 0 Å². The molecule has 2 aliphatic rings. The van der Waals surface area contributed by atoms with Crippen molar-refractivity contribution < 1.29 is 8.42 Å². The number of benzene rings is 1. The maximum atomic E-state index is 12.7. The van der Waals surface area contributed by atoms with Crippen LogP contribution in [-0.2, 0) is 10.0 Å². The minimum atomic E-state index is -3.39. The lowest BCUT2D eigenvalue weighted by atomic mass is 9.85. The Morgan fingerprint density at radius 2 is 1.86 bits per heavy atom. The van der Waals surface area contributed by atoms with E-state index in [4.69, 9.17) is 5.73 Å². The van der Waals surface area contributed by atoms with Gasteiger partial charge in [0, 0.05) is 24.8 Å². The number of fused-ring (bicyclic) bond motifs is 1. The van der Waals surface area contributed by atoms with Crippen LogP contribution in [0.15, 0.2) is 29.2 Å². The zero-order chi connectivity index (χ0) is 15.0. The fourth-order valence-corrected chi connectivity index (χ4v) is 5.14.